The lowest BCUT2D eigenvalue weighted by atomic mass is 9.71. The molecule has 0 radical (unpaired) electrons. The van der Waals surface area contributed by atoms with Crippen LogP contribution in [0.25, 0.3) is 0 Å². The van der Waals surface area contributed by atoms with Crippen molar-refractivity contribution in [3.8, 4) is 0 Å². The molecular formula is C91H162N10O34S2. The third kappa shape index (κ3) is 53.3. The number of Topliss-reactive ketones (excluding diaryl/α,β-unsaturated/α-hetero) is 2. The highest BCUT2D eigenvalue weighted by Crippen LogP contribution is 2.40. The first kappa shape index (κ1) is 123. The Hall–Kier alpha value is -6.62. The Morgan fingerprint density at radius 3 is 1.09 bits per heavy atom. The maximum absolute atomic E-state index is 14.2. The molecule has 792 valence electrons. The van der Waals surface area contributed by atoms with Crippen molar-refractivity contribution in [3.63, 3.8) is 0 Å². The number of ketones is 2. The number of aliphatic hydroxyl groups is 9. The second-order valence-electron chi connectivity index (χ2n) is 34.9. The number of rotatable bonds is 78. The molecule has 18 N–H and O–H groups in total. The summed E-state index contributed by atoms with van der Waals surface area (Å²) in [6.07, 6.45) is -1.65. The highest BCUT2D eigenvalue weighted by molar-refractivity contribution is 8.76. The van der Waals surface area contributed by atoms with E-state index >= 15 is 0 Å². The number of nitrogens with zero attached hydrogens (tertiary/aromatic N) is 1. The van der Waals surface area contributed by atoms with Crippen LogP contribution >= 0.6 is 21.6 Å². The Morgan fingerprint density at radius 1 is 0.372 bits per heavy atom. The van der Waals surface area contributed by atoms with E-state index in [1.54, 1.807) is 35.8 Å². The van der Waals surface area contributed by atoms with Gasteiger partial charge in [0.25, 0.3) is 0 Å². The molecule has 0 aromatic carbocycles. The van der Waals surface area contributed by atoms with Crippen LogP contribution in [0.1, 0.15) is 233 Å². The zero-order valence-corrected chi connectivity index (χ0v) is 82.5. The fraction of sp³-hybridized carbons (Fsp3) is 0.868. The van der Waals surface area contributed by atoms with E-state index in [0.29, 0.717) is 181 Å². The Labute approximate surface area is 812 Å². The molecule has 15 unspecified atom stereocenters. The minimum Gasteiger partial charge on any atom is -0.450 e. The topological polar surface area (TPSA) is 618 Å². The van der Waals surface area contributed by atoms with Crippen molar-refractivity contribution < 1.29 is 165 Å². The van der Waals surface area contributed by atoms with Gasteiger partial charge in [-0.3, -0.25) is 43.2 Å². The maximum Gasteiger partial charge on any atom is 0.407 e. The molecule has 4 saturated heterocycles. The van der Waals surface area contributed by atoms with Gasteiger partial charge in [0.2, 0.25) is 41.4 Å². The van der Waals surface area contributed by atoms with Gasteiger partial charge >= 0.3 is 18.3 Å². The third-order valence-corrected chi connectivity index (χ3v) is 26.1. The summed E-state index contributed by atoms with van der Waals surface area (Å²) in [7, 11) is 6.59. The first-order valence-corrected chi connectivity index (χ1v) is 51.3. The predicted octanol–water partition coefficient (Wildman–Crippen LogP) is 1.68. The first-order valence-electron chi connectivity index (χ1n) is 48.8. The average molecular weight is 2000 g/mol. The number of aliphatic hydroxyl groups excluding tert-OH is 9. The molecule has 4 aliphatic rings. The van der Waals surface area contributed by atoms with Crippen molar-refractivity contribution in [2.75, 3.05) is 164 Å². The summed E-state index contributed by atoms with van der Waals surface area (Å²) in [4.78, 5) is 154. The van der Waals surface area contributed by atoms with Crippen molar-refractivity contribution in [1.29, 1.82) is 0 Å². The number of hydrogen-bond donors (Lipinski definition) is 18. The molecule has 137 heavy (non-hydrogen) atoms. The van der Waals surface area contributed by atoms with E-state index in [-0.39, 0.29) is 152 Å². The maximum atomic E-state index is 14.2. The highest BCUT2D eigenvalue weighted by Gasteiger charge is 2.49. The summed E-state index contributed by atoms with van der Waals surface area (Å²) in [6.45, 7) is 6.29. The zero-order valence-electron chi connectivity index (χ0n) is 80.9. The molecule has 17 atom stereocenters. The summed E-state index contributed by atoms with van der Waals surface area (Å²) < 4.78 is 73.3. The van der Waals surface area contributed by atoms with Gasteiger partial charge in [0.05, 0.1) is 105 Å². The Morgan fingerprint density at radius 2 is 0.730 bits per heavy atom. The van der Waals surface area contributed by atoms with Gasteiger partial charge in [-0.15, -0.1) is 0 Å². The Balaban J connectivity index is 1.27. The SMILES string of the molecule is COC[C@H]1C[C@H](OC)CN1C(=O)CCCCC(=O)CCCSSCCOCCOCCC(=O)CC(CCCOC(=O)NCCCCCCNC(=O)CCCOC1OC(CO)C(O)C(O)C1NC(C)=O)(CCCOC(=O)NCCCCCCNC(=O)CCCOC1OC(CO)C(O)C(O)C1NC(C)=O)CCCOC(=O)NCCCCCCNC(=O)CCCOC1OC(CO)C(O)C(O)C1NC(C)=O. The van der Waals surface area contributed by atoms with Gasteiger partial charge in [-0.2, -0.15) is 0 Å². The van der Waals surface area contributed by atoms with E-state index in [4.69, 9.17) is 61.6 Å². The fourth-order valence-corrected chi connectivity index (χ4v) is 18.2. The van der Waals surface area contributed by atoms with E-state index in [2.05, 4.69) is 47.9 Å². The summed E-state index contributed by atoms with van der Waals surface area (Å²) in [6, 6.07) is -3.30. The van der Waals surface area contributed by atoms with Crippen molar-refractivity contribution in [3.05, 3.63) is 0 Å². The van der Waals surface area contributed by atoms with Crippen LogP contribution in [0.2, 0.25) is 0 Å². The number of carbonyl (C=O) groups is 12. The highest BCUT2D eigenvalue weighted by atomic mass is 33.1. The molecule has 44 nitrogen and oxygen atoms in total. The lowest BCUT2D eigenvalue weighted by Gasteiger charge is -2.42. The lowest BCUT2D eigenvalue weighted by Crippen LogP contribution is -2.64. The quantitative estimate of drug-likeness (QED) is 0.0234. The van der Waals surface area contributed by atoms with Gasteiger partial charge in [-0.1, -0.05) is 60.1 Å². The number of unbranched alkanes of at least 4 members (excludes halogenated alkanes) is 10. The van der Waals surface area contributed by atoms with Gasteiger partial charge in [0.1, 0.15) is 84.6 Å². The summed E-state index contributed by atoms with van der Waals surface area (Å²) in [5.41, 5.74) is -0.757. The molecule has 10 amide bonds. The molecule has 0 aliphatic carbocycles. The zero-order chi connectivity index (χ0) is 100. The van der Waals surface area contributed by atoms with Gasteiger partial charge in [0.15, 0.2) is 18.9 Å². The van der Waals surface area contributed by atoms with Crippen LogP contribution in [0, 0.1) is 5.41 Å². The number of carbonyl (C=O) groups excluding carboxylic acids is 12. The minimum atomic E-state index is -1.46. The molecule has 0 aromatic rings. The van der Waals surface area contributed by atoms with Crippen molar-refractivity contribution >= 4 is 92.8 Å². The van der Waals surface area contributed by atoms with Crippen molar-refractivity contribution in [2.24, 2.45) is 5.41 Å². The molecule has 0 bridgehead atoms. The molecule has 0 spiro atoms. The largest absolute Gasteiger partial charge is 0.450 e. The number of ether oxygens (including phenoxy) is 13. The van der Waals surface area contributed by atoms with Crippen LogP contribution in [0.5, 0.6) is 0 Å². The van der Waals surface area contributed by atoms with Gasteiger partial charge < -0.3 is 160 Å². The van der Waals surface area contributed by atoms with E-state index < -0.39 is 153 Å². The van der Waals surface area contributed by atoms with Gasteiger partial charge in [0, 0.05) is 144 Å². The Bertz CT molecular complexity index is 3140. The number of alkyl carbamates (subject to hydrolysis) is 3. The fourth-order valence-electron chi connectivity index (χ4n) is 16.2. The van der Waals surface area contributed by atoms with Crippen LogP contribution in [-0.4, -0.2) is 390 Å². The molecular weight excluding hydrogens is 1840 g/mol. The number of amides is 10. The second kappa shape index (κ2) is 74.3. The Kier molecular flexibility index (Phi) is 66.6. The minimum absolute atomic E-state index is 0.00212. The van der Waals surface area contributed by atoms with Crippen LogP contribution in [0.4, 0.5) is 14.4 Å². The van der Waals surface area contributed by atoms with E-state index in [9.17, 15) is 103 Å². The molecule has 4 rings (SSSR count). The van der Waals surface area contributed by atoms with Crippen LogP contribution in [0.3, 0.4) is 0 Å². The normalized spacial score (nSPS) is 23.5. The van der Waals surface area contributed by atoms with Crippen LogP contribution in [-0.2, 0) is 105 Å². The predicted molar refractivity (Wildman–Crippen MR) is 501 cm³/mol. The van der Waals surface area contributed by atoms with Crippen molar-refractivity contribution in [2.45, 2.75) is 337 Å². The molecule has 46 heteroatoms. The van der Waals surface area contributed by atoms with Crippen molar-refractivity contribution in [1.82, 2.24) is 52.8 Å². The van der Waals surface area contributed by atoms with Crippen LogP contribution in [0.15, 0.2) is 0 Å². The van der Waals surface area contributed by atoms with E-state index in [0.717, 1.165) is 57.1 Å². The average Bonchev–Trinajstić information content (AvgIpc) is 1.36. The van der Waals surface area contributed by atoms with Gasteiger partial charge in [-0.25, -0.2) is 14.4 Å². The molecule has 4 aliphatic heterocycles. The standard InChI is InChI=1S/C91H162N10O34S2/c1-62(105)98-76-82(117)79(114)69(58-102)133-85(76)127-43-20-29-72(110)92-37-14-6-9-17-40-95-88(120)130-46-24-34-91(35-25-47-131-89(121)96-41-18-10-7-15-38-93-73(111)30-21-44-128-86-77(99-63(2)106)83(118)80(115)70(59-103)134-86,36-26-48-132-90(122)97-42-19-11-8-16-39-94-74(112)31-22-45-129-87-78(100-64(3)107)84(119)81(116)71(60-104)135-87)56-67(109)33-49-125-50-51-126-52-54-137-136-53-23-28-66(108)27-12-13-32-75(113)101-57-68(124-5)55-65(101)61-123-4/h65,68-71,76-87,102-104,114-119H,6-61H2,1-5H3,(H,92,110)(H,93,111)(H,94,112)(H,95,120)(H,96,121)(H,97,122)(H,98,105)(H,99,106)(H,100,107)/t65-,68+,69?,70?,71?,76?,77?,78?,79?,80?,81?,82?,83?,84?,85?,86?,87?,91?/m1/s1. The first-order chi connectivity index (χ1) is 66.0. The summed E-state index contributed by atoms with van der Waals surface area (Å²) in [5.74, 6) is -0.469. The third-order valence-electron chi connectivity index (χ3n) is 23.6. The van der Waals surface area contributed by atoms with E-state index in [1.807, 2.05) is 4.90 Å². The van der Waals surface area contributed by atoms with Gasteiger partial charge in [-0.05, 0) is 127 Å². The molecule has 4 heterocycles. The number of nitrogens with one attached hydrogen (secondary N) is 9. The smallest absolute Gasteiger partial charge is 0.407 e. The molecule has 0 saturated carbocycles. The number of likely N-dealkylation sites (tertiary alicyclic amines) is 1. The monoisotopic (exact) mass is 2000 g/mol. The number of methoxy groups -OCH3 is 2. The van der Waals surface area contributed by atoms with E-state index in [1.165, 1.54) is 20.8 Å². The summed E-state index contributed by atoms with van der Waals surface area (Å²) in [5, 5.41) is 116. The summed E-state index contributed by atoms with van der Waals surface area (Å²) >= 11 is 0. The second-order valence-corrected chi connectivity index (χ2v) is 37.6. The molecule has 0 aromatic heterocycles. The number of hydrogen-bond acceptors (Lipinski definition) is 36. The molecule has 4 fully saturated rings. The van der Waals surface area contributed by atoms with Crippen LogP contribution < -0.4 is 47.9 Å². The lowest BCUT2D eigenvalue weighted by molar-refractivity contribution is -0.270.